The quantitative estimate of drug-likeness (QED) is 0.939. The lowest BCUT2D eigenvalue weighted by atomic mass is 10.1. The molecule has 0 unspecified atom stereocenters. The molecular weight excluding hydrogens is 272 g/mol. The molecule has 0 heterocycles. The highest BCUT2D eigenvalue weighted by atomic mass is 32.2. The predicted octanol–water partition coefficient (Wildman–Crippen LogP) is 2.60. The largest absolute Gasteiger partial charge is 0.241 e. The van der Waals surface area contributed by atoms with Crippen molar-refractivity contribution in [3.05, 3.63) is 65.7 Å². The maximum Gasteiger partial charge on any atom is 0.241 e. The van der Waals surface area contributed by atoms with E-state index in [0.717, 1.165) is 5.56 Å². The molecule has 0 aliphatic carbocycles. The lowest BCUT2D eigenvalue weighted by molar-refractivity contribution is 0.567. The molecule has 0 fully saturated rings. The van der Waals surface area contributed by atoms with Crippen molar-refractivity contribution in [2.75, 3.05) is 0 Å². The zero-order chi connectivity index (χ0) is 14.6. The van der Waals surface area contributed by atoms with Gasteiger partial charge in [0.05, 0.1) is 16.5 Å². The van der Waals surface area contributed by atoms with E-state index >= 15 is 0 Å². The van der Waals surface area contributed by atoms with E-state index in [0.29, 0.717) is 5.56 Å². The molecule has 1 atom stereocenters. The second-order valence-electron chi connectivity index (χ2n) is 4.39. The second-order valence-corrected chi connectivity index (χ2v) is 6.11. The molecular formula is C15H14N2O2S. The first-order chi connectivity index (χ1) is 9.53. The Hall–Kier alpha value is -2.16. The Morgan fingerprint density at radius 3 is 2.45 bits per heavy atom. The van der Waals surface area contributed by atoms with Crippen LogP contribution in [0.15, 0.2) is 59.5 Å². The lowest BCUT2D eigenvalue weighted by Gasteiger charge is -2.14. The van der Waals surface area contributed by atoms with Gasteiger partial charge in [-0.2, -0.15) is 5.26 Å². The first-order valence-electron chi connectivity index (χ1n) is 6.10. The Labute approximate surface area is 118 Å². The topological polar surface area (TPSA) is 70.0 Å². The molecule has 4 nitrogen and oxygen atoms in total. The van der Waals surface area contributed by atoms with Gasteiger partial charge in [-0.25, -0.2) is 13.1 Å². The average Bonchev–Trinajstić information content (AvgIpc) is 2.48. The van der Waals surface area contributed by atoms with Crippen molar-refractivity contribution in [2.24, 2.45) is 0 Å². The van der Waals surface area contributed by atoms with E-state index in [1.165, 1.54) is 12.1 Å². The monoisotopic (exact) mass is 286 g/mol. The summed E-state index contributed by atoms with van der Waals surface area (Å²) in [5, 5.41) is 8.82. The number of hydrogen-bond donors (Lipinski definition) is 1. The summed E-state index contributed by atoms with van der Waals surface area (Å²) in [7, 11) is -3.64. The summed E-state index contributed by atoms with van der Waals surface area (Å²) < 4.78 is 27.1. The molecule has 2 aromatic rings. The predicted molar refractivity (Wildman–Crippen MR) is 76.3 cm³/mol. The normalized spacial score (nSPS) is 12.6. The van der Waals surface area contributed by atoms with E-state index in [-0.39, 0.29) is 10.9 Å². The van der Waals surface area contributed by atoms with Crippen LogP contribution in [0.1, 0.15) is 24.1 Å². The molecule has 0 spiro atoms. The third kappa shape index (κ3) is 3.23. The van der Waals surface area contributed by atoms with Crippen molar-refractivity contribution < 1.29 is 8.42 Å². The van der Waals surface area contributed by atoms with Crippen LogP contribution in [0.2, 0.25) is 0 Å². The third-order valence-electron chi connectivity index (χ3n) is 2.90. The van der Waals surface area contributed by atoms with E-state index in [4.69, 9.17) is 5.26 Å². The number of sulfonamides is 1. The molecule has 1 N–H and O–H groups in total. The summed E-state index contributed by atoms with van der Waals surface area (Å²) in [5.74, 6) is 0. The Morgan fingerprint density at radius 2 is 1.80 bits per heavy atom. The molecule has 102 valence electrons. The molecule has 0 saturated heterocycles. The highest BCUT2D eigenvalue weighted by molar-refractivity contribution is 7.89. The van der Waals surface area contributed by atoms with E-state index in [2.05, 4.69) is 4.72 Å². The van der Waals surface area contributed by atoms with Crippen LogP contribution in [0.5, 0.6) is 0 Å². The standard InChI is InChI=1S/C15H14N2O2S/c1-12(14-7-3-2-4-8-14)17-20(18,19)15-9-5-6-13(10-15)11-16/h2-10,12,17H,1H3/t12-/m1/s1. The van der Waals surface area contributed by atoms with Crippen molar-refractivity contribution in [3.8, 4) is 6.07 Å². The van der Waals surface area contributed by atoms with Crippen molar-refractivity contribution in [2.45, 2.75) is 17.9 Å². The summed E-state index contributed by atoms with van der Waals surface area (Å²) in [6.45, 7) is 1.78. The fourth-order valence-corrected chi connectivity index (χ4v) is 3.12. The molecule has 5 heteroatoms. The van der Waals surface area contributed by atoms with Crippen LogP contribution in [0, 0.1) is 11.3 Å². The smallest absolute Gasteiger partial charge is 0.207 e. The summed E-state index contributed by atoms with van der Waals surface area (Å²) in [6, 6.07) is 16.9. The average molecular weight is 286 g/mol. The summed E-state index contributed by atoms with van der Waals surface area (Å²) in [6.07, 6.45) is 0. The maximum absolute atomic E-state index is 12.3. The zero-order valence-corrected chi connectivity index (χ0v) is 11.8. The van der Waals surface area contributed by atoms with E-state index in [1.54, 1.807) is 19.1 Å². The molecule has 0 bridgehead atoms. The Balaban J connectivity index is 2.25. The van der Waals surface area contributed by atoms with Crippen molar-refractivity contribution in [1.82, 2.24) is 4.72 Å². The van der Waals surface area contributed by atoms with Crippen LogP contribution < -0.4 is 4.72 Å². The molecule has 0 radical (unpaired) electrons. The summed E-state index contributed by atoms with van der Waals surface area (Å²) >= 11 is 0. The van der Waals surface area contributed by atoms with Gasteiger partial charge in [0, 0.05) is 6.04 Å². The lowest BCUT2D eigenvalue weighted by Crippen LogP contribution is -2.26. The minimum atomic E-state index is -3.64. The number of benzene rings is 2. The molecule has 0 saturated carbocycles. The Bertz CT molecular complexity index is 734. The van der Waals surface area contributed by atoms with Crippen LogP contribution >= 0.6 is 0 Å². The van der Waals surface area contributed by atoms with Crippen LogP contribution in [-0.2, 0) is 10.0 Å². The molecule has 0 aliphatic heterocycles. The van der Waals surface area contributed by atoms with Crippen LogP contribution in [0.25, 0.3) is 0 Å². The van der Waals surface area contributed by atoms with Gasteiger partial charge in [-0.1, -0.05) is 36.4 Å². The van der Waals surface area contributed by atoms with Gasteiger partial charge in [-0.15, -0.1) is 0 Å². The van der Waals surface area contributed by atoms with Gasteiger partial charge >= 0.3 is 0 Å². The van der Waals surface area contributed by atoms with Crippen LogP contribution in [0.3, 0.4) is 0 Å². The third-order valence-corrected chi connectivity index (χ3v) is 4.44. The van der Waals surface area contributed by atoms with Gasteiger partial charge in [-0.05, 0) is 30.7 Å². The SMILES string of the molecule is C[C@@H](NS(=O)(=O)c1cccc(C#N)c1)c1ccccc1. The van der Waals surface area contributed by atoms with E-state index in [9.17, 15) is 8.42 Å². The van der Waals surface area contributed by atoms with Gasteiger partial charge in [0.2, 0.25) is 10.0 Å². The Kier molecular flexibility index (Phi) is 4.18. The molecule has 20 heavy (non-hydrogen) atoms. The van der Waals surface area contributed by atoms with Gasteiger partial charge in [0.15, 0.2) is 0 Å². The van der Waals surface area contributed by atoms with Crippen LogP contribution in [0.4, 0.5) is 0 Å². The van der Waals surface area contributed by atoms with E-state index in [1.807, 2.05) is 36.4 Å². The van der Waals surface area contributed by atoms with Crippen molar-refractivity contribution in [1.29, 1.82) is 5.26 Å². The minimum Gasteiger partial charge on any atom is -0.207 e. The first-order valence-corrected chi connectivity index (χ1v) is 7.59. The minimum absolute atomic E-state index is 0.0966. The molecule has 2 rings (SSSR count). The van der Waals surface area contributed by atoms with E-state index < -0.39 is 10.0 Å². The number of nitriles is 1. The molecule has 0 amide bonds. The van der Waals surface area contributed by atoms with Crippen molar-refractivity contribution >= 4 is 10.0 Å². The van der Waals surface area contributed by atoms with Gasteiger partial charge in [0.1, 0.15) is 0 Å². The maximum atomic E-state index is 12.3. The number of rotatable bonds is 4. The summed E-state index contributed by atoms with van der Waals surface area (Å²) in [5.41, 5.74) is 1.20. The molecule has 0 aromatic heterocycles. The zero-order valence-electron chi connectivity index (χ0n) is 10.9. The fourth-order valence-electron chi connectivity index (χ4n) is 1.84. The Morgan fingerprint density at radius 1 is 1.10 bits per heavy atom. The highest BCUT2D eigenvalue weighted by Gasteiger charge is 2.18. The van der Waals surface area contributed by atoms with Gasteiger partial charge < -0.3 is 0 Å². The highest BCUT2D eigenvalue weighted by Crippen LogP contribution is 2.17. The number of nitrogens with one attached hydrogen (secondary N) is 1. The fraction of sp³-hybridized carbons (Fsp3) is 0.133. The summed E-state index contributed by atoms with van der Waals surface area (Å²) in [4.78, 5) is 0.0966. The van der Waals surface area contributed by atoms with Gasteiger partial charge in [-0.3, -0.25) is 0 Å². The molecule has 0 aliphatic rings. The van der Waals surface area contributed by atoms with Gasteiger partial charge in [0.25, 0.3) is 0 Å². The van der Waals surface area contributed by atoms with Crippen molar-refractivity contribution in [3.63, 3.8) is 0 Å². The first kappa shape index (κ1) is 14.3. The molecule has 2 aromatic carbocycles. The number of hydrogen-bond acceptors (Lipinski definition) is 3. The van der Waals surface area contributed by atoms with Crippen LogP contribution in [-0.4, -0.2) is 8.42 Å². The number of nitrogens with zero attached hydrogens (tertiary/aromatic N) is 1. The second kappa shape index (κ2) is 5.87.